The van der Waals surface area contributed by atoms with Crippen molar-refractivity contribution in [3.63, 3.8) is 0 Å². The second-order valence-electron chi connectivity index (χ2n) is 5.83. The van der Waals surface area contributed by atoms with E-state index in [1.54, 1.807) is 0 Å². The number of nitrogens with two attached hydrogens (primary N) is 1. The third kappa shape index (κ3) is 4.01. The van der Waals surface area contributed by atoms with Gasteiger partial charge in [0.05, 0.1) is 12.6 Å². The molecule has 0 aromatic carbocycles. The lowest BCUT2D eigenvalue weighted by molar-refractivity contribution is 0.0338. The van der Waals surface area contributed by atoms with Crippen LogP contribution in [0.3, 0.4) is 0 Å². The molecule has 4 nitrogen and oxygen atoms in total. The molecule has 1 fully saturated rings. The van der Waals surface area contributed by atoms with Crippen molar-refractivity contribution in [1.29, 1.82) is 0 Å². The van der Waals surface area contributed by atoms with E-state index >= 15 is 0 Å². The van der Waals surface area contributed by atoms with E-state index in [0.29, 0.717) is 5.92 Å². The summed E-state index contributed by atoms with van der Waals surface area (Å²) in [6, 6.07) is 4.48. The van der Waals surface area contributed by atoms with Crippen LogP contribution in [0.1, 0.15) is 37.8 Å². The minimum atomic E-state index is 0.133. The molecule has 2 heterocycles. The van der Waals surface area contributed by atoms with Gasteiger partial charge in [0.15, 0.2) is 0 Å². The summed E-state index contributed by atoms with van der Waals surface area (Å²) in [6.07, 6.45) is 7.15. The van der Waals surface area contributed by atoms with E-state index in [-0.39, 0.29) is 12.1 Å². The zero-order chi connectivity index (χ0) is 14.4. The van der Waals surface area contributed by atoms with Crippen LogP contribution >= 0.6 is 0 Å². The first-order valence-electron chi connectivity index (χ1n) is 7.65. The zero-order valence-electron chi connectivity index (χ0n) is 12.7. The fourth-order valence-electron chi connectivity index (χ4n) is 3.07. The predicted octanol–water partition coefficient (Wildman–Crippen LogP) is 2.22. The van der Waals surface area contributed by atoms with Gasteiger partial charge in [-0.05, 0) is 43.9 Å². The van der Waals surface area contributed by atoms with Crippen molar-refractivity contribution in [3.05, 3.63) is 30.1 Å². The first kappa shape index (κ1) is 15.4. The molecule has 112 valence electrons. The molecular formula is C16H27N3O. The van der Waals surface area contributed by atoms with Crippen molar-refractivity contribution in [2.45, 2.75) is 38.3 Å². The molecule has 1 aliphatic heterocycles. The highest BCUT2D eigenvalue weighted by Crippen LogP contribution is 2.25. The Bertz CT molecular complexity index is 379. The van der Waals surface area contributed by atoms with Crippen molar-refractivity contribution >= 4 is 0 Å². The standard InChI is InChI=1S/C16H27N3O/c1-3-15(17)16(14-7-4-8-18-10-14)19(2)11-13-6-5-9-20-12-13/h4,7-8,10,13,15-16H,3,5-6,9,11-12,17H2,1-2H3. The van der Waals surface area contributed by atoms with Gasteiger partial charge in [-0.2, -0.15) is 0 Å². The molecule has 0 radical (unpaired) electrons. The maximum Gasteiger partial charge on any atom is 0.0511 e. The average molecular weight is 277 g/mol. The predicted molar refractivity (Wildman–Crippen MR) is 81.4 cm³/mol. The molecule has 1 saturated heterocycles. The van der Waals surface area contributed by atoms with Gasteiger partial charge in [-0.3, -0.25) is 9.88 Å². The average Bonchev–Trinajstić information content (AvgIpc) is 2.49. The number of aromatic nitrogens is 1. The lowest BCUT2D eigenvalue weighted by Crippen LogP contribution is -2.42. The largest absolute Gasteiger partial charge is 0.381 e. The van der Waals surface area contributed by atoms with E-state index in [9.17, 15) is 0 Å². The van der Waals surface area contributed by atoms with Crippen molar-refractivity contribution in [2.24, 2.45) is 11.7 Å². The monoisotopic (exact) mass is 277 g/mol. The van der Waals surface area contributed by atoms with Crippen LogP contribution in [0.2, 0.25) is 0 Å². The van der Waals surface area contributed by atoms with Crippen LogP contribution < -0.4 is 5.73 Å². The molecule has 0 aliphatic carbocycles. The topological polar surface area (TPSA) is 51.4 Å². The summed E-state index contributed by atoms with van der Waals surface area (Å²) in [5, 5.41) is 0. The fourth-order valence-corrected chi connectivity index (χ4v) is 3.07. The zero-order valence-corrected chi connectivity index (χ0v) is 12.7. The lowest BCUT2D eigenvalue weighted by Gasteiger charge is -2.35. The van der Waals surface area contributed by atoms with Gasteiger partial charge in [0.1, 0.15) is 0 Å². The van der Waals surface area contributed by atoms with E-state index in [0.717, 1.165) is 26.2 Å². The molecule has 0 bridgehead atoms. The summed E-state index contributed by atoms with van der Waals surface area (Å²) in [4.78, 5) is 6.62. The molecule has 2 rings (SSSR count). The molecule has 1 aliphatic rings. The van der Waals surface area contributed by atoms with Crippen LogP contribution in [0.15, 0.2) is 24.5 Å². The van der Waals surface area contributed by atoms with Gasteiger partial charge in [0.25, 0.3) is 0 Å². The molecule has 0 spiro atoms. The Kier molecular flexibility index (Phi) is 5.95. The summed E-state index contributed by atoms with van der Waals surface area (Å²) in [5.74, 6) is 0.622. The minimum absolute atomic E-state index is 0.133. The maximum atomic E-state index is 6.35. The molecule has 0 saturated carbocycles. The molecule has 2 N–H and O–H groups in total. The van der Waals surface area contributed by atoms with E-state index in [1.165, 1.54) is 18.4 Å². The molecule has 3 atom stereocenters. The molecule has 1 aromatic heterocycles. The highest BCUT2D eigenvalue weighted by atomic mass is 16.5. The third-order valence-corrected chi connectivity index (χ3v) is 4.18. The number of hydrogen-bond donors (Lipinski definition) is 1. The van der Waals surface area contributed by atoms with Crippen LogP contribution in [0.25, 0.3) is 0 Å². The summed E-state index contributed by atoms with van der Waals surface area (Å²) in [5.41, 5.74) is 7.56. The highest BCUT2D eigenvalue weighted by Gasteiger charge is 2.26. The number of likely N-dealkylation sites (N-methyl/N-ethyl adjacent to an activating group) is 1. The molecule has 4 heteroatoms. The van der Waals surface area contributed by atoms with Gasteiger partial charge in [0, 0.05) is 31.6 Å². The molecule has 20 heavy (non-hydrogen) atoms. The smallest absolute Gasteiger partial charge is 0.0511 e. The van der Waals surface area contributed by atoms with Gasteiger partial charge in [0.2, 0.25) is 0 Å². The Hall–Kier alpha value is -0.970. The number of ether oxygens (including phenoxy) is 1. The second kappa shape index (κ2) is 7.72. The van der Waals surface area contributed by atoms with E-state index in [4.69, 9.17) is 10.5 Å². The molecule has 3 unspecified atom stereocenters. The number of rotatable bonds is 6. The number of pyridine rings is 1. The normalized spacial score (nSPS) is 22.7. The van der Waals surface area contributed by atoms with E-state index in [1.807, 2.05) is 18.5 Å². The second-order valence-corrected chi connectivity index (χ2v) is 5.83. The van der Waals surface area contributed by atoms with Gasteiger partial charge < -0.3 is 10.5 Å². The summed E-state index contributed by atoms with van der Waals surface area (Å²) in [7, 11) is 2.17. The Morgan fingerprint density at radius 1 is 1.55 bits per heavy atom. The summed E-state index contributed by atoms with van der Waals surface area (Å²) in [6.45, 7) is 4.98. The van der Waals surface area contributed by atoms with E-state index < -0.39 is 0 Å². The molecular weight excluding hydrogens is 250 g/mol. The molecule has 1 aromatic rings. The van der Waals surface area contributed by atoms with Crippen molar-refractivity contribution in [2.75, 3.05) is 26.8 Å². The Labute approximate surface area is 122 Å². The quantitative estimate of drug-likeness (QED) is 0.866. The van der Waals surface area contributed by atoms with Crippen molar-refractivity contribution < 1.29 is 4.74 Å². The van der Waals surface area contributed by atoms with Crippen LogP contribution in [0.5, 0.6) is 0 Å². The molecule has 0 amide bonds. The minimum Gasteiger partial charge on any atom is -0.381 e. The number of hydrogen-bond acceptors (Lipinski definition) is 4. The third-order valence-electron chi connectivity index (χ3n) is 4.18. The fraction of sp³-hybridized carbons (Fsp3) is 0.688. The summed E-state index contributed by atoms with van der Waals surface area (Å²) < 4.78 is 5.58. The first-order chi connectivity index (χ1) is 9.72. The van der Waals surface area contributed by atoms with Gasteiger partial charge in [-0.1, -0.05) is 13.0 Å². The van der Waals surface area contributed by atoms with Gasteiger partial charge >= 0.3 is 0 Å². The lowest BCUT2D eigenvalue weighted by atomic mass is 9.95. The SMILES string of the molecule is CCC(N)C(c1cccnc1)N(C)CC1CCCOC1. The van der Waals surface area contributed by atoms with Crippen molar-refractivity contribution in [1.82, 2.24) is 9.88 Å². The van der Waals surface area contributed by atoms with Crippen LogP contribution in [0, 0.1) is 5.92 Å². The Morgan fingerprint density at radius 2 is 2.40 bits per heavy atom. The van der Waals surface area contributed by atoms with E-state index in [2.05, 4.69) is 29.9 Å². The highest BCUT2D eigenvalue weighted by molar-refractivity contribution is 5.16. The Balaban J connectivity index is 2.05. The number of nitrogens with zero attached hydrogens (tertiary/aromatic N) is 2. The Morgan fingerprint density at radius 3 is 3.00 bits per heavy atom. The van der Waals surface area contributed by atoms with Crippen LogP contribution in [-0.4, -0.2) is 42.7 Å². The first-order valence-corrected chi connectivity index (χ1v) is 7.65. The van der Waals surface area contributed by atoms with Crippen LogP contribution in [-0.2, 0) is 4.74 Å². The van der Waals surface area contributed by atoms with Crippen molar-refractivity contribution in [3.8, 4) is 0 Å². The van der Waals surface area contributed by atoms with Crippen LogP contribution in [0.4, 0.5) is 0 Å². The summed E-state index contributed by atoms with van der Waals surface area (Å²) >= 11 is 0. The maximum absolute atomic E-state index is 6.35. The van der Waals surface area contributed by atoms with Gasteiger partial charge in [-0.15, -0.1) is 0 Å². The van der Waals surface area contributed by atoms with Gasteiger partial charge in [-0.25, -0.2) is 0 Å².